The Kier molecular flexibility index (Phi) is 4.29. The molecule has 4 nitrogen and oxygen atoms in total. The fourth-order valence-corrected chi connectivity index (χ4v) is 3.62. The number of nitrogens with zero attached hydrogens (tertiary/aromatic N) is 3. The second-order valence-electron chi connectivity index (χ2n) is 6.57. The molecule has 4 aromatic rings. The monoisotopic (exact) mass is 365 g/mol. The van der Waals surface area contributed by atoms with Crippen molar-refractivity contribution in [3.63, 3.8) is 0 Å². The smallest absolute Gasteiger partial charge is 0.262 e. The first kappa shape index (κ1) is 16.9. The largest absolute Gasteiger partial charge is 0.311 e. The van der Waals surface area contributed by atoms with Gasteiger partial charge in [-0.3, -0.25) is 4.79 Å². The molecule has 0 saturated heterocycles. The van der Waals surface area contributed by atoms with E-state index >= 15 is 0 Å². The minimum Gasteiger partial charge on any atom is -0.311 e. The Morgan fingerprint density at radius 2 is 1.81 bits per heavy atom. The zero-order chi connectivity index (χ0) is 18.3. The third-order valence-corrected chi connectivity index (χ3v) is 5.09. The van der Waals surface area contributed by atoms with Gasteiger partial charge in [-0.2, -0.15) is 0 Å². The molecule has 132 valence electrons. The topological polar surface area (TPSA) is 39.3 Å². The molecule has 0 N–H and O–H groups in total. The molecule has 0 aliphatic heterocycles. The summed E-state index contributed by atoms with van der Waals surface area (Å²) in [7, 11) is 0. The lowest BCUT2D eigenvalue weighted by Gasteiger charge is -2.16. The van der Waals surface area contributed by atoms with Gasteiger partial charge in [-0.05, 0) is 43.2 Å². The van der Waals surface area contributed by atoms with Crippen LogP contribution in [0, 0.1) is 6.92 Å². The minimum absolute atomic E-state index is 0.0420. The average Bonchev–Trinajstić information content (AvgIpc) is 3.03. The van der Waals surface area contributed by atoms with Crippen LogP contribution in [0.15, 0.2) is 53.3 Å². The minimum atomic E-state index is 0.0420. The van der Waals surface area contributed by atoms with E-state index in [0.29, 0.717) is 17.3 Å². The summed E-state index contributed by atoms with van der Waals surface area (Å²) in [6.07, 6.45) is 1.68. The highest BCUT2D eigenvalue weighted by Gasteiger charge is 2.17. The molecule has 0 fully saturated rings. The molecular weight excluding hydrogens is 346 g/mol. The van der Waals surface area contributed by atoms with E-state index in [4.69, 9.17) is 16.6 Å². The van der Waals surface area contributed by atoms with Crippen molar-refractivity contribution in [2.24, 2.45) is 0 Å². The summed E-state index contributed by atoms with van der Waals surface area (Å²) < 4.78 is 3.89. The highest BCUT2D eigenvalue weighted by molar-refractivity contribution is 6.30. The fraction of sp³-hybridized carbons (Fsp3) is 0.238. The van der Waals surface area contributed by atoms with Crippen LogP contribution in [-0.4, -0.2) is 14.0 Å². The lowest BCUT2D eigenvalue weighted by Crippen LogP contribution is -2.25. The molecule has 4 rings (SSSR count). The second kappa shape index (κ2) is 6.61. The lowest BCUT2D eigenvalue weighted by atomic mass is 10.1. The third kappa shape index (κ3) is 2.71. The number of hydrogen-bond acceptors (Lipinski definition) is 2. The molecule has 0 radical (unpaired) electrons. The Hall–Kier alpha value is -2.59. The van der Waals surface area contributed by atoms with E-state index in [1.807, 2.05) is 55.5 Å². The van der Waals surface area contributed by atoms with E-state index in [9.17, 15) is 4.79 Å². The molecule has 0 amide bonds. The van der Waals surface area contributed by atoms with Crippen LogP contribution < -0.4 is 5.56 Å². The van der Waals surface area contributed by atoms with Gasteiger partial charge in [0.1, 0.15) is 0 Å². The molecule has 0 bridgehead atoms. The van der Waals surface area contributed by atoms with Crippen LogP contribution in [0.4, 0.5) is 0 Å². The van der Waals surface area contributed by atoms with Crippen LogP contribution in [-0.2, 0) is 13.0 Å². The van der Waals surface area contributed by atoms with Gasteiger partial charge in [-0.25, -0.2) is 9.38 Å². The van der Waals surface area contributed by atoms with Gasteiger partial charge in [0.15, 0.2) is 0 Å². The van der Waals surface area contributed by atoms with Gasteiger partial charge < -0.3 is 4.57 Å². The normalized spacial score (nSPS) is 11.5. The first-order chi connectivity index (χ1) is 12.6. The molecule has 2 aromatic heterocycles. The van der Waals surface area contributed by atoms with Gasteiger partial charge in [0.2, 0.25) is 5.78 Å². The van der Waals surface area contributed by atoms with Crippen LogP contribution in [0.25, 0.3) is 16.8 Å². The van der Waals surface area contributed by atoms with Gasteiger partial charge in [0.05, 0.1) is 17.6 Å². The maximum Gasteiger partial charge on any atom is 0.262 e. The lowest BCUT2D eigenvalue weighted by molar-refractivity contribution is 0.724. The Labute approximate surface area is 156 Å². The van der Waals surface area contributed by atoms with Crippen molar-refractivity contribution in [1.82, 2.24) is 14.0 Å². The summed E-state index contributed by atoms with van der Waals surface area (Å²) >= 11 is 6.02. The van der Waals surface area contributed by atoms with E-state index < -0.39 is 0 Å². The number of hydrogen-bond donors (Lipinski definition) is 0. The van der Waals surface area contributed by atoms with E-state index in [1.54, 1.807) is 4.40 Å². The summed E-state index contributed by atoms with van der Waals surface area (Å²) in [6.45, 7) is 4.76. The molecule has 2 aromatic carbocycles. The maximum atomic E-state index is 13.2. The SMILES string of the molecule is CCCc1c(C)n(Cc2ccc(Cl)cc2)c2nc3ccccc3n2c1=O. The van der Waals surface area contributed by atoms with E-state index in [-0.39, 0.29) is 5.56 Å². The zero-order valence-electron chi connectivity index (χ0n) is 14.9. The van der Waals surface area contributed by atoms with Crippen molar-refractivity contribution in [2.75, 3.05) is 0 Å². The molecule has 0 aliphatic carbocycles. The first-order valence-corrected chi connectivity index (χ1v) is 9.22. The van der Waals surface area contributed by atoms with Crippen molar-refractivity contribution in [3.8, 4) is 0 Å². The van der Waals surface area contributed by atoms with E-state index in [2.05, 4.69) is 11.5 Å². The number of imidazole rings is 1. The van der Waals surface area contributed by atoms with Crippen LogP contribution in [0.1, 0.15) is 30.2 Å². The number of halogens is 1. The quantitative estimate of drug-likeness (QED) is 0.529. The number of aromatic nitrogens is 3. The van der Waals surface area contributed by atoms with Crippen molar-refractivity contribution < 1.29 is 0 Å². The highest BCUT2D eigenvalue weighted by atomic mass is 35.5. The number of fused-ring (bicyclic) bond motifs is 3. The number of para-hydroxylation sites is 2. The van der Waals surface area contributed by atoms with Gasteiger partial charge >= 0.3 is 0 Å². The van der Waals surface area contributed by atoms with Gasteiger partial charge in [0.25, 0.3) is 5.56 Å². The molecule has 26 heavy (non-hydrogen) atoms. The molecule has 0 spiro atoms. The number of rotatable bonds is 4. The molecule has 0 atom stereocenters. The summed E-state index contributed by atoms with van der Waals surface area (Å²) in [5, 5.41) is 0.716. The Bertz CT molecular complexity index is 1160. The van der Waals surface area contributed by atoms with Gasteiger partial charge in [-0.15, -0.1) is 0 Å². The van der Waals surface area contributed by atoms with Crippen molar-refractivity contribution >= 4 is 28.4 Å². The summed E-state index contributed by atoms with van der Waals surface area (Å²) in [5.41, 5.74) is 4.70. The predicted octanol–water partition coefficient (Wildman–Crippen LogP) is 4.61. The van der Waals surface area contributed by atoms with Gasteiger partial charge in [0, 0.05) is 16.3 Å². The molecular formula is C21H20ClN3O. The maximum absolute atomic E-state index is 13.2. The molecule has 0 aliphatic rings. The summed E-state index contributed by atoms with van der Waals surface area (Å²) in [4.78, 5) is 17.9. The van der Waals surface area contributed by atoms with Crippen molar-refractivity contribution in [3.05, 3.63) is 80.7 Å². The molecule has 0 unspecified atom stereocenters. The predicted molar refractivity (Wildman–Crippen MR) is 106 cm³/mol. The standard InChI is InChI=1S/C21H20ClN3O/c1-3-6-17-14(2)24(13-15-9-11-16(22)12-10-15)21-23-18-7-4-5-8-19(18)25(21)20(17)26/h4-5,7-12H,3,6,13H2,1-2H3. The molecule has 2 heterocycles. The summed E-state index contributed by atoms with van der Waals surface area (Å²) in [6, 6.07) is 15.6. The van der Waals surface area contributed by atoms with Crippen molar-refractivity contribution in [2.45, 2.75) is 33.2 Å². The molecule has 5 heteroatoms. The average molecular weight is 366 g/mol. The Morgan fingerprint density at radius 1 is 1.08 bits per heavy atom. The second-order valence-corrected chi connectivity index (χ2v) is 7.00. The van der Waals surface area contributed by atoms with Crippen LogP contribution in [0.3, 0.4) is 0 Å². The zero-order valence-corrected chi connectivity index (χ0v) is 15.6. The van der Waals surface area contributed by atoms with Gasteiger partial charge in [-0.1, -0.05) is 49.2 Å². The molecule has 0 saturated carbocycles. The van der Waals surface area contributed by atoms with Crippen molar-refractivity contribution in [1.29, 1.82) is 0 Å². The van der Waals surface area contributed by atoms with Crippen LogP contribution in [0.2, 0.25) is 5.02 Å². The van der Waals surface area contributed by atoms with Crippen LogP contribution >= 0.6 is 11.6 Å². The van der Waals surface area contributed by atoms with E-state index in [0.717, 1.165) is 40.7 Å². The Morgan fingerprint density at radius 3 is 2.54 bits per heavy atom. The fourth-order valence-electron chi connectivity index (χ4n) is 3.50. The van der Waals surface area contributed by atoms with Crippen LogP contribution in [0.5, 0.6) is 0 Å². The summed E-state index contributed by atoms with van der Waals surface area (Å²) in [5.74, 6) is 0.684. The Balaban J connectivity index is 2.03. The highest BCUT2D eigenvalue weighted by Crippen LogP contribution is 2.20. The van der Waals surface area contributed by atoms with E-state index in [1.165, 1.54) is 0 Å². The number of benzene rings is 2. The third-order valence-electron chi connectivity index (χ3n) is 4.84. The first-order valence-electron chi connectivity index (χ1n) is 8.84.